The Bertz CT molecular complexity index is 1100. The Morgan fingerprint density at radius 2 is 1.66 bits per heavy atom. The van der Waals surface area contributed by atoms with Crippen LogP contribution in [0, 0.1) is 6.92 Å². The Kier molecular flexibility index (Phi) is 6.19. The lowest BCUT2D eigenvalue weighted by Crippen LogP contribution is -2.37. The van der Waals surface area contributed by atoms with Gasteiger partial charge in [0.15, 0.2) is 5.75 Å². The second kappa shape index (κ2) is 8.79. The molecule has 1 N–H and O–H groups in total. The number of benzene rings is 3. The quantitative estimate of drug-likeness (QED) is 0.634. The third-order valence-corrected chi connectivity index (χ3v) is 5.22. The molecule has 150 valence electrons. The van der Waals surface area contributed by atoms with Gasteiger partial charge in [0.2, 0.25) is 15.9 Å². The van der Waals surface area contributed by atoms with E-state index < -0.39 is 15.9 Å². The van der Waals surface area contributed by atoms with Crippen molar-refractivity contribution in [1.82, 2.24) is 0 Å². The predicted molar refractivity (Wildman–Crippen MR) is 115 cm³/mol. The minimum absolute atomic E-state index is 0.290. The lowest BCUT2D eigenvalue weighted by molar-refractivity contribution is -0.114. The molecule has 0 aromatic heterocycles. The van der Waals surface area contributed by atoms with Crippen molar-refractivity contribution >= 4 is 27.3 Å². The zero-order valence-electron chi connectivity index (χ0n) is 16.2. The first-order chi connectivity index (χ1) is 13.8. The van der Waals surface area contributed by atoms with Crippen LogP contribution >= 0.6 is 0 Å². The molecule has 3 aromatic rings. The minimum atomic E-state index is -3.74. The fourth-order valence-electron chi connectivity index (χ4n) is 2.80. The number of aryl methyl sites for hydroxylation is 1. The molecule has 0 aliphatic carbocycles. The van der Waals surface area contributed by atoms with Crippen LogP contribution in [0.5, 0.6) is 11.5 Å². The summed E-state index contributed by atoms with van der Waals surface area (Å²) in [7, 11) is -3.74. The summed E-state index contributed by atoms with van der Waals surface area (Å²) in [6, 6.07) is 23.1. The van der Waals surface area contributed by atoms with Gasteiger partial charge in [-0.1, -0.05) is 42.5 Å². The van der Waals surface area contributed by atoms with Crippen LogP contribution < -0.4 is 14.4 Å². The Balaban J connectivity index is 1.87. The molecule has 0 bridgehead atoms. The van der Waals surface area contributed by atoms with Crippen molar-refractivity contribution in [3.05, 3.63) is 84.4 Å². The maximum absolute atomic E-state index is 12.6. The number of nitrogens with one attached hydrogen (secondary N) is 1. The number of amides is 1. The molecule has 6 nitrogen and oxygen atoms in total. The van der Waals surface area contributed by atoms with Gasteiger partial charge in [-0.2, -0.15) is 0 Å². The standard InChI is InChI=1S/C22H22N2O4S/c1-17-9-8-10-18(15-17)23-22(25)16-24(29(2,26)27)20-13-6-7-14-21(20)28-19-11-4-3-5-12-19/h3-15H,16H2,1-2H3,(H,23,25). The number of carbonyl (C=O) groups is 1. The predicted octanol–water partition coefficient (Wildman–Crippen LogP) is 4.19. The lowest BCUT2D eigenvalue weighted by Gasteiger charge is -2.24. The number of hydrogen-bond acceptors (Lipinski definition) is 4. The lowest BCUT2D eigenvalue weighted by atomic mass is 10.2. The van der Waals surface area contributed by atoms with Crippen molar-refractivity contribution in [2.24, 2.45) is 0 Å². The van der Waals surface area contributed by atoms with Gasteiger partial charge in [0.1, 0.15) is 12.3 Å². The van der Waals surface area contributed by atoms with Crippen molar-refractivity contribution in [2.45, 2.75) is 6.92 Å². The molecular weight excluding hydrogens is 388 g/mol. The van der Waals surface area contributed by atoms with E-state index in [1.807, 2.05) is 43.3 Å². The number of ether oxygens (including phenoxy) is 1. The summed E-state index contributed by atoms with van der Waals surface area (Å²) in [5.41, 5.74) is 1.89. The van der Waals surface area contributed by atoms with E-state index in [0.717, 1.165) is 16.1 Å². The molecule has 0 saturated carbocycles. The van der Waals surface area contributed by atoms with Gasteiger partial charge < -0.3 is 10.1 Å². The molecule has 7 heteroatoms. The van der Waals surface area contributed by atoms with Gasteiger partial charge in [-0.05, 0) is 48.9 Å². The van der Waals surface area contributed by atoms with Gasteiger partial charge >= 0.3 is 0 Å². The molecule has 0 atom stereocenters. The van der Waals surface area contributed by atoms with Crippen LogP contribution in [-0.4, -0.2) is 27.1 Å². The van der Waals surface area contributed by atoms with Crippen LogP contribution in [0.25, 0.3) is 0 Å². The number of nitrogens with zero attached hydrogens (tertiary/aromatic N) is 1. The maximum Gasteiger partial charge on any atom is 0.245 e. The molecule has 1 amide bonds. The summed E-state index contributed by atoms with van der Waals surface area (Å²) in [4.78, 5) is 12.6. The smallest absolute Gasteiger partial charge is 0.245 e. The zero-order valence-corrected chi connectivity index (χ0v) is 17.0. The summed E-state index contributed by atoms with van der Waals surface area (Å²) in [5, 5.41) is 2.74. The summed E-state index contributed by atoms with van der Waals surface area (Å²) < 4.78 is 31.8. The highest BCUT2D eigenvalue weighted by Crippen LogP contribution is 2.33. The average molecular weight is 410 g/mol. The van der Waals surface area contributed by atoms with Crippen LogP contribution in [0.2, 0.25) is 0 Å². The van der Waals surface area contributed by atoms with Crippen LogP contribution in [0.4, 0.5) is 11.4 Å². The van der Waals surface area contributed by atoms with Gasteiger partial charge in [-0.3, -0.25) is 9.10 Å². The summed E-state index contributed by atoms with van der Waals surface area (Å²) in [6.07, 6.45) is 1.06. The highest BCUT2D eigenvalue weighted by atomic mass is 32.2. The van der Waals surface area contributed by atoms with E-state index in [0.29, 0.717) is 22.9 Å². The van der Waals surface area contributed by atoms with E-state index in [1.165, 1.54) is 0 Å². The third kappa shape index (κ3) is 5.58. The summed E-state index contributed by atoms with van der Waals surface area (Å²) in [6.45, 7) is 1.54. The van der Waals surface area contributed by atoms with Crippen molar-refractivity contribution in [3.63, 3.8) is 0 Å². The third-order valence-electron chi connectivity index (χ3n) is 4.09. The van der Waals surface area contributed by atoms with E-state index in [1.54, 1.807) is 42.5 Å². The molecular formula is C22H22N2O4S. The number of sulfonamides is 1. The number of para-hydroxylation sites is 3. The average Bonchev–Trinajstić information content (AvgIpc) is 2.67. The van der Waals surface area contributed by atoms with Crippen LogP contribution in [0.15, 0.2) is 78.9 Å². The molecule has 0 aliphatic rings. The first-order valence-corrected chi connectivity index (χ1v) is 10.8. The molecule has 0 saturated heterocycles. The monoisotopic (exact) mass is 410 g/mol. The Labute approximate surface area is 170 Å². The van der Waals surface area contributed by atoms with Crippen LogP contribution in [0.1, 0.15) is 5.56 Å². The molecule has 0 heterocycles. The van der Waals surface area contributed by atoms with E-state index in [-0.39, 0.29) is 6.54 Å². The van der Waals surface area contributed by atoms with Gasteiger partial charge in [0.25, 0.3) is 0 Å². The first kappa shape index (κ1) is 20.4. The Morgan fingerprint density at radius 3 is 2.34 bits per heavy atom. The molecule has 3 aromatic carbocycles. The highest BCUT2D eigenvalue weighted by Gasteiger charge is 2.24. The summed E-state index contributed by atoms with van der Waals surface area (Å²) in [5.74, 6) is 0.459. The van der Waals surface area contributed by atoms with Gasteiger partial charge in [-0.25, -0.2) is 8.42 Å². The molecule has 29 heavy (non-hydrogen) atoms. The van der Waals surface area contributed by atoms with Crippen molar-refractivity contribution in [1.29, 1.82) is 0 Å². The van der Waals surface area contributed by atoms with Crippen LogP contribution in [-0.2, 0) is 14.8 Å². The van der Waals surface area contributed by atoms with E-state index >= 15 is 0 Å². The van der Waals surface area contributed by atoms with E-state index in [4.69, 9.17) is 4.74 Å². The number of rotatable bonds is 7. The highest BCUT2D eigenvalue weighted by molar-refractivity contribution is 7.92. The second-order valence-corrected chi connectivity index (χ2v) is 8.48. The molecule has 0 fully saturated rings. The van der Waals surface area contributed by atoms with Crippen molar-refractivity contribution in [2.75, 3.05) is 22.4 Å². The molecule has 0 unspecified atom stereocenters. The first-order valence-electron chi connectivity index (χ1n) is 8.99. The number of anilines is 2. The largest absolute Gasteiger partial charge is 0.455 e. The number of carbonyl (C=O) groups excluding carboxylic acids is 1. The van der Waals surface area contributed by atoms with Gasteiger partial charge in [-0.15, -0.1) is 0 Å². The van der Waals surface area contributed by atoms with Gasteiger partial charge in [0, 0.05) is 5.69 Å². The SMILES string of the molecule is Cc1cccc(NC(=O)CN(c2ccccc2Oc2ccccc2)S(C)(=O)=O)c1. The van der Waals surface area contributed by atoms with Gasteiger partial charge in [0.05, 0.1) is 11.9 Å². The van der Waals surface area contributed by atoms with E-state index in [9.17, 15) is 13.2 Å². The fraction of sp³-hybridized carbons (Fsp3) is 0.136. The molecule has 3 rings (SSSR count). The number of hydrogen-bond donors (Lipinski definition) is 1. The van der Waals surface area contributed by atoms with Crippen LogP contribution in [0.3, 0.4) is 0 Å². The van der Waals surface area contributed by atoms with Crippen molar-refractivity contribution < 1.29 is 17.9 Å². The second-order valence-electron chi connectivity index (χ2n) is 6.57. The van der Waals surface area contributed by atoms with E-state index in [2.05, 4.69) is 5.32 Å². The normalized spacial score (nSPS) is 11.0. The minimum Gasteiger partial charge on any atom is -0.455 e. The topological polar surface area (TPSA) is 75.7 Å². The van der Waals surface area contributed by atoms with Crippen molar-refractivity contribution in [3.8, 4) is 11.5 Å². The zero-order chi connectivity index (χ0) is 20.9. The summed E-state index contributed by atoms with van der Waals surface area (Å²) >= 11 is 0. The molecule has 0 radical (unpaired) electrons. The Morgan fingerprint density at radius 1 is 0.966 bits per heavy atom. The Hall–Kier alpha value is -3.32. The molecule has 0 spiro atoms. The molecule has 0 aliphatic heterocycles. The fourth-order valence-corrected chi connectivity index (χ4v) is 3.66. The maximum atomic E-state index is 12.6.